The zero-order chi connectivity index (χ0) is 16.4. The third-order valence-electron chi connectivity index (χ3n) is 4.31. The number of fused-ring (bicyclic) bond motifs is 1. The Labute approximate surface area is 138 Å². The Morgan fingerprint density at radius 3 is 2.71 bits per heavy atom. The van der Waals surface area contributed by atoms with Crippen LogP contribution in [-0.2, 0) is 0 Å². The van der Waals surface area contributed by atoms with E-state index in [1.807, 2.05) is 6.07 Å². The van der Waals surface area contributed by atoms with Gasteiger partial charge in [0.25, 0.3) is 0 Å². The van der Waals surface area contributed by atoms with Crippen LogP contribution < -0.4 is 10.2 Å². The summed E-state index contributed by atoms with van der Waals surface area (Å²) in [6.45, 7) is 1.76. The lowest BCUT2D eigenvalue weighted by molar-refractivity contribution is 0.523. The van der Waals surface area contributed by atoms with Gasteiger partial charge in [-0.2, -0.15) is 0 Å². The van der Waals surface area contributed by atoms with Gasteiger partial charge in [-0.3, -0.25) is 0 Å². The Morgan fingerprint density at radius 1 is 1.04 bits per heavy atom. The second kappa shape index (κ2) is 6.35. The lowest BCUT2D eigenvalue weighted by Crippen LogP contribution is -2.39. The lowest BCUT2D eigenvalue weighted by atomic mass is 10.0. The maximum Gasteiger partial charge on any atom is 0.139 e. The predicted octanol–water partition coefficient (Wildman–Crippen LogP) is 2.64. The Bertz CT molecular complexity index is 833. The summed E-state index contributed by atoms with van der Waals surface area (Å²) in [4.78, 5) is 19.0. The topological polar surface area (TPSA) is 66.8 Å². The Hall–Kier alpha value is -2.83. The molecule has 7 heteroatoms. The van der Waals surface area contributed by atoms with E-state index in [4.69, 9.17) is 0 Å². The molecule has 1 aliphatic rings. The molecule has 1 fully saturated rings. The van der Waals surface area contributed by atoms with Gasteiger partial charge >= 0.3 is 0 Å². The molecule has 0 spiro atoms. The number of benzene rings is 1. The maximum atomic E-state index is 13.4. The fourth-order valence-electron chi connectivity index (χ4n) is 3.09. The molecule has 0 saturated carbocycles. The predicted molar refractivity (Wildman–Crippen MR) is 90.4 cm³/mol. The smallest absolute Gasteiger partial charge is 0.139 e. The maximum absolute atomic E-state index is 13.4. The van der Waals surface area contributed by atoms with Crippen molar-refractivity contribution in [1.82, 2.24) is 19.9 Å². The minimum atomic E-state index is -0.278. The molecule has 0 unspecified atom stereocenters. The highest BCUT2D eigenvalue weighted by Crippen LogP contribution is 2.26. The van der Waals surface area contributed by atoms with E-state index in [2.05, 4.69) is 30.2 Å². The fraction of sp³-hybridized carbons (Fsp3) is 0.294. The second-order valence-electron chi connectivity index (χ2n) is 5.86. The van der Waals surface area contributed by atoms with Gasteiger partial charge in [-0.05, 0) is 31.0 Å². The molecule has 3 heterocycles. The van der Waals surface area contributed by atoms with Crippen molar-refractivity contribution in [3.8, 4) is 0 Å². The monoisotopic (exact) mass is 324 g/mol. The number of halogens is 1. The molecule has 0 amide bonds. The van der Waals surface area contributed by atoms with Crippen molar-refractivity contribution in [3.05, 3.63) is 48.9 Å². The first-order valence-corrected chi connectivity index (χ1v) is 7.97. The minimum Gasteiger partial charge on any atom is -0.367 e. The summed E-state index contributed by atoms with van der Waals surface area (Å²) in [5, 5.41) is 4.33. The first-order valence-electron chi connectivity index (χ1n) is 7.97. The first-order chi connectivity index (χ1) is 11.8. The highest BCUT2D eigenvalue weighted by molar-refractivity contribution is 5.89. The van der Waals surface area contributed by atoms with E-state index in [0.717, 1.165) is 43.0 Å². The minimum absolute atomic E-state index is 0.278. The van der Waals surface area contributed by atoms with Crippen LogP contribution in [0, 0.1) is 5.82 Å². The molecule has 0 radical (unpaired) electrons. The van der Waals surface area contributed by atoms with Crippen LogP contribution in [0.1, 0.15) is 12.8 Å². The number of nitrogens with one attached hydrogen (secondary N) is 1. The summed E-state index contributed by atoms with van der Waals surface area (Å²) in [6, 6.07) is 6.91. The number of hydrogen-bond donors (Lipinski definition) is 1. The van der Waals surface area contributed by atoms with Gasteiger partial charge in [0.1, 0.15) is 30.1 Å². The summed E-state index contributed by atoms with van der Waals surface area (Å²) in [5.74, 6) is 1.45. The molecule has 2 aromatic heterocycles. The first kappa shape index (κ1) is 14.7. The van der Waals surface area contributed by atoms with Crippen LogP contribution in [-0.4, -0.2) is 39.1 Å². The molecule has 24 heavy (non-hydrogen) atoms. The number of rotatable bonds is 3. The molecule has 4 rings (SSSR count). The molecule has 0 aliphatic carbocycles. The Morgan fingerprint density at radius 2 is 1.92 bits per heavy atom. The molecule has 1 aromatic carbocycles. The van der Waals surface area contributed by atoms with E-state index in [0.29, 0.717) is 11.6 Å². The fourth-order valence-corrected chi connectivity index (χ4v) is 3.09. The largest absolute Gasteiger partial charge is 0.367 e. The third-order valence-corrected chi connectivity index (χ3v) is 4.31. The van der Waals surface area contributed by atoms with Gasteiger partial charge in [-0.25, -0.2) is 24.3 Å². The van der Waals surface area contributed by atoms with Crippen LogP contribution in [0.5, 0.6) is 0 Å². The molecule has 1 aliphatic heterocycles. The van der Waals surface area contributed by atoms with Gasteiger partial charge in [0, 0.05) is 36.8 Å². The van der Waals surface area contributed by atoms with Crippen molar-refractivity contribution in [3.63, 3.8) is 0 Å². The van der Waals surface area contributed by atoms with Crippen molar-refractivity contribution in [2.75, 3.05) is 23.3 Å². The van der Waals surface area contributed by atoms with E-state index in [-0.39, 0.29) is 5.82 Å². The molecule has 122 valence electrons. The molecule has 0 atom stereocenters. The SMILES string of the molecule is Fc1ccc2c(N3CCC(Nc4ccncn4)CC3)ncnc2c1. The normalized spacial score (nSPS) is 15.6. The number of nitrogens with zero attached hydrogens (tertiary/aromatic N) is 5. The van der Waals surface area contributed by atoms with Crippen LogP contribution in [0.2, 0.25) is 0 Å². The average molecular weight is 324 g/mol. The lowest BCUT2D eigenvalue weighted by Gasteiger charge is -2.33. The summed E-state index contributed by atoms with van der Waals surface area (Å²) in [7, 11) is 0. The quantitative estimate of drug-likeness (QED) is 0.799. The van der Waals surface area contributed by atoms with Crippen LogP contribution in [0.3, 0.4) is 0 Å². The van der Waals surface area contributed by atoms with Crippen LogP contribution in [0.25, 0.3) is 10.9 Å². The summed E-state index contributed by atoms with van der Waals surface area (Å²) in [5.41, 5.74) is 0.640. The summed E-state index contributed by atoms with van der Waals surface area (Å²) < 4.78 is 13.4. The highest BCUT2D eigenvalue weighted by Gasteiger charge is 2.21. The van der Waals surface area contributed by atoms with Gasteiger partial charge in [-0.15, -0.1) is 0 Å². The van der Waals surface area contributed by atoms with E-state index < -0.39 is 0 Å². The number of piperidine rings is 1. The molecule has 0 bridgehead atoms. The van der Waals surface area contributed by atoms with Crippen molar-refractivity contribution in [2.45, 2.75) is 18.9 Å². The zero-order valence-corrected chi connectivity index (χ0v) is 13.1. The van der Waals surface area contributed by atoms with Gasteiger partial charge in [0.05, 0.1) is 5.52 Å². The number of aromatic nitrogens is 4. The van der Waals surface area contributed by atoms with Gasteiger partial charge in [0.2, 0.25) is 0 Å². The van der Waals surface area contributed by atoms with Crippen molar-refractivity contribution in [1.29, 1.82) is 0 Å². The van der Waals surface area contributed by atoms with E-state index in [1.54, 1.807) is 18.6 Å². The van der Waals surface area contributed by atoms with Crippen molar-refractivity contribution in [2.24, 2.45) is 0 Å². The highest BCUT2D eigenvalue weighted by atomic mass is 19.1. The average Bonchev–Trinajstić information content (AvgIpc) is 2.62. The Balaban J connectivity index is 1.48. The zero-order valence-electron chi connectivity index (χ0n) is 13.1. The van der Waals surface area contributed by atoms with Crippen LogP contribution in [0.15, 0.2) is 43.1 Å². The van der Waals surface area contributed by atoms with Crippen molar-refractivity contribution < 1.29 is 4.39 Å². The molecule has 6 nitrogen and oxygen atoms in total. The molecular weight excluding hydrogens is 307 g/mol. The number of anilines is 2. The van der Waals surface area contributed by atoms with E-state index >= 15 is 0 Å². The van der Waals surface area contributed by atoms with Crippen LogP contribution >= 0.6 is 0 Å². The summed E-state index contributed by atoms with van der Waals surface area (Å²) >= 11 is 0. The standard InChI is InChI=1S/C17H17FN6/c18-12-1-2-14-15(9-12)20-11-22-17(14)24-7-4-13(5-8-24)23-16-3-6-19-10-21-16/h1-3,6,9-11,13H,4-5,7-8H2,(H,19,21,23). The van der Waals surface area contributed by atoms with Gasteiger partial charge in [-0.1, -0.05) is 0 Å². The number of hydrogen-bond acceptors (Lipinski definition) is 6. The molecule has 1 saturated heterocycles. The van der Waals surface area contributed by atoms with Crippen LogP contribution in [0.4, 0.5) is 16.0 Å². The molecular formula is C17H17FN6. The summed E-state index contributed by atoms with van der Waals surface area (Å²) in [6.07, 6.45) is 6.75. The van der Waals surface area contributed by atoms with E-state index in [9.17, 15) is 4.39 Å². The van der Waals surface area contributed by atoms with Crippen molar-refractivity contribution >= 4 is 22.5 Å². The third kappa shape index (κ3) is 2.97. The molecule has 1 N–H and O–H groups in total. The molecule has 3 aromatic rings. The second-order valence-corrected chi connectivity index (χ2v) is 5.86. The van der Waals surface area contributed by atoms with E-state index in [1.165, 1.54) is 18.5 Å². The van der Waals surface area contributed by atoms with Gasteiger partial charge < -0.3 is 10.2 Å². The Kier molecular flexibility index (Phi) is 3.90. The van der Waals surface area contributed by atoms with Gasteiger partial charge in [0.15, 0.2) is 0 Å².